The third-order valence-corrected chi connectivity index (χ3v) is 3.02. The fourth-order valence-electron chi connectivity index (χ4n) is 1.47. The lowest BCUT2D eigenvalue weighted by molar-refractivity contribution is 0.185. The van der Waals surface area contributed by atoms with Crippen molar-refractivity contribution in [2.24, 2.45) is 5.92 Å². The molecule has 1 N–H and O–H groups in total. The van der Waals surface area contributed by atoms with Crippen LogP contribution in [0, 0.1) is 5.92 Å². The van der Waals surface area contributed by atoms with Gasteiger partial charge >= 0.3 is 0 Å². The third-order valence-electron chi connectivity index (χ3n) is 2.24. The van der Waals surface area contributed by atoms with Gasteiger partial charge in [-0.1, -0.05) is 0 Å². The Bertz CT molecular complexity index is 232. The number of nitrogens with one attached hydrogen (secondary N) is 1. The van der Waals surface area contributed by atoms with Gasteiger partial charge in [-0.15, -0.1) is 11.3 Å². The van der Waals surface area contributed by atoms with Gasteiger partial charge in [0.15, 0.2) is 0 Å². The summed E-state index contributed by atoms with van der Waals surface area (Å²) >= 11 is 1.70. The van der Waals surface area contributed by atoms with E-state index in [1.54, 1.807) is 11.3 Å². The number of aromatic nitrogens is 1. The minimum Gasteiger partial charge on any atom is -0.381 e. The van der Waals surface area contributed by atoms with E-state index in [-0.39, 0.29) is 0 Å². The van der Waals surface area contributed by atoms with E-state index >= 15 is 0 Å². The molecule has 1 fully saturated rings. The quantitative estimate of drug-likeness (QED) is 0.791. The van der Waals surface area contributed by atoms with Crippen molar-refractivity contribution in [1.29, 1.82) is 0 Å². The molecular formula is C9H14N2OS. The van der Waals surface area contributed by atoms with Crippen LogP contribution in [0.5, 0.6) is 0 Å². The van der Waals surface area contributed by atoms with Crippen LogP contribution in [-0.2, 0) is 11.3 Å². The topological polar surface area (TPSA) is 34.2 Å². The van der Waals surface area contributed by atoms with Crippen molar-refractivity contribution >= 4 is 11.3 Å². The van der Waals surface area contributed by atoms with Crippen molar-refractivity contribution < 1.29 is 4.74 Å². The zero-order valence-electron chi connectivity index (χ0n) is 7.53. The minimum atomic E-state index is 0.716. The van der Waals surface area contributed by atoms with Crippen LogP contribution in [0.4, 0.5) is 0 Å². The molecule has 1 aromatic heterocycles. The maximum absolute atomic E-state index is 5.30. The van der Waals surface area contributed by atoms with E-state index in [1.807, 2.05) is 11.7 Å². The molecule has 0 spiro atoms. The molecule has 1 aliphatic rings. The summed E-state index contributed by atoms with van der Waals surface area (Å²) in [5.74, 6) is 0.716. The molecule has 0 amide bonds. The number of thiazole rings is 1. The molecule has 1 atom stereocenters. The summed E-state index contributed by atoms with van der Waals surface area (Å²) in [6.07, 6.45) is 3.12. The Hall–Kier alpha value is -0.450. The number of ether oxygens (including phenoxy) is 1. The number of rotatable bonds is 4. The first-order chi connectivity index (χ1) is 6.45. The molecule has 4 heteroatoms. The number of hydrogen-bond donors (Lipinski definition) is 1. The van der Waals surface area contributed by atoms with Crippen LogP contribution >= 0.6 is 11.3 Å². The Morgan fingerprint density at radius 2 is 2.69 bits per heavy atom. The average molecular weight is 198 g/mol. The van der Waals surface area contributed by atoms with Crippen LogP contribution in [0.2, 0.25) is 0 Å². The highest BCUT2D eigenvalue weighted by molar-refractivity contribution is 7.09. The minimum absolute atomic E-state index is 0.716. The summed E-state index contributed by atoms with van der Waals surface area (Å²) in [5.41, 5.74) is 1.87. The van der Waals surface area contributed by atoms with Gasteiger partial charge in [-0.3, -0.25) is 4.98 Å². The Morgan fingerprint density at radius 3 is 3.38 bits per heavy atom. The second kappa shape index (κ2) is 4.69. The van der Waals surface area contributed by atoms with E-state index < -0.39 is 0 Å². The molecule has 2 heterocycles. The van der Waals surface area contributed by atoms with E-state index in [2.05, 4.69) is 10.3 Å². The Kier molecular flexibility index (Phi) is 3.29. The summed E-state index contributed by atoms with van der Waals surface area (Å²) in [5, 5.41) is 3.42. The molecule has 0 bridgehead atoms. The number of hydrogen-bond acceptors (Lipinski definition) is 4. The van der Waals surface area contributed by atoms with Crippen LogP contribution in [0.1, 0.15) is 11.3 Å². The molecule has 3 nitrogen and oxygen atoms in total. The monoisotopic (exact) mass is 198 g/mol. The number of nitrogens with zero attached hydrogens (tertiary/aromatic N) is 1. The molecule has 0 aliphatic carbocycles. The van der Waals surface area contributed by atoms with Crippen LogP contribution in [-0.4, -0.2) is 24.7 Å². The summed E-state index contributed by atoms with van der Waals surface area (Å²) in [7, 11) is 0. The predicted molar refractivity (Wildman–Crippen MR) is 52.7 cm³/mol. The highest BCUT2D eigenvalue weighted by atomic mass is 32.1. The van der Waals surface area contributed by atoms with E-state index in [0.29, 0.717) is 5.92 Å². The normalized spacial score (nSPS) is 22.3. The van der Waals surface area contributed by atoms with Crippen molar-refractivity contribution in [2.45, 2.75) is 13.0 Å². The van der Waals surface area contributed by atoms with Gasteiger partial charge in [0.25, 0.3) is 0 Å². The molecule has 1 aliphatic heterocycles. The smallest absolute Gasteiger partial charge is 0.0794 e. The van der Waals surface area contributed by atoms with Crippen LogP contribution in [0.3, 0.4) is 0 Å². The van der Waals surface area contributed by atoms with Crippen molar-refractivity contribution in [3.05, 3.63) is 16.6 Å². The third kappa shape index (κ3) is 2.76. The van der Waals surface area contributed by atoms with Gasteiger partial charge in [0.05, 0.1) is 12.1 Å². The largest absolute Gasteiger partial charge is 0.381 e. The van der Waals surface area contributed by atoms with Crippen molar-refractivity contribution in [1.82, 2.24) is 10.3 Å². The highest BCUT2D eigenvalue weighted by Crippen LogP contribution is 2.11. The molecule has 2 rings (SSSR count). The molecule has 1 unspecified atom stereocenters. The first-order valence-electron chi connectivity index (χ1n) is 4.61. The van der Waals surface area contributed by atoms with E-state index in [9.17, 15) is 0 Å². The molecule has 0 aromatic carbocycles. The Labute approximate surface area is 82.1 Å². The van der Waals surface area contributed by atoms with Crippen LogP contribution < -0.4 is 5.32 Å². The van der Waals surface area contributed by atoms with Gasteiger partial charge in [-0.25, -0.2) is 0 Å². The first kappa shape index (κ1) is 9.12. The maximum Gasteiger partial charge on any atom is 0.0794 e. The van der Waals surface area contributed by atoms with Gasteiger partial charge in [-0.05, 0) is 12.3 Å². The second-order valence-electron chi connectivity index (χ2n) is 3.33. The fraction of sp³-hybridized carbons (Fsp3) is 0.667. The molecule has 1 saturated heterocycles. The maximum atomic E-state index is 5.30. The van der Waals surface area contributed by atoms with Crippen molar-refractivity contribution in [2.75, 3.05) is 19.8 Å². The van der Waals surface area contributed by atoms with E-state index in [1.165, 1.54) is 11.3 Å². The lowest BCUT2D eigenvalue weighted by atomic mass is 10.1. The van der Waals surface area contributed by atoms with E-state index in [4.69, 9.17) is 4.74 Å². The van der Waals surface area contributed by atoms with Gasteiger partial charge in [-0.2, -0.15) is 0 Å². The Morgan fingerprint density at radius 1 is 1.69 bits per heavy atom. The summed E-state index contributed by atoms with van der Waals surface area (Å²) in [6, 6.07) is 0. The van der Waals surface area contributed by atoms with Crippen LogP contribution in [0.25, 0.3) is 0 Å². The van der Waals surface area contributed by atoms with Crippen LogP contribution in [0.15, 0.2) is 11.7 Å². The highest BCUT2D eigenvalue weighted by Gasteiger charge is 2.14. The molecule has 1 aromatic rings. The first-order valence-corrected chi connectivity index (χ1v) is 5.49. The van der Waals surface area contributed by atoms with Crippen molar-refractivity contribution in [3.63, 3.8) is 0 Å². The molecule has 0 saturated carbocycles. The van der Waals surface area contributed by atoms with Gasteiger partial charge in [0, 0.05) is 30.8 Å². The van der Waals surface area contributed by atoms with Crippen molar-refractivity contribution in [3.8, 4) is 0 Å². The van der Waals surface area contributed by atoms with Gasteiger partial charge in [0.1, 0.15) is 0 Å². The lowest BCUT2D eigenvalue weighted by Crippen LogP contribution is -2.22. The zero-order chi connectivity index (χ0) is 8.93. The summed E-state index contributed by atoms with van der Waals surface area (Å²) < 4.78 is 5.30. The van der Waals surface area contributed by atoms with Gasteiger partial charge in [0.2, 0.25) is 0 Å². The SMILES string of the molecule is c1ncc(CNCC2CCOC2)s1. The second-order valence-corrected chi connectivity index (χ2v) is 4.30. The van der Waals surface area contributed by atoms with Gasteiger partial charge < -0.3 is 10.1 Å². The lowest BCUT2D eigenvalue weighted by Gasteiger charge is -2.07. The Balaban J connectivity index is 1.63. The summed E-state index contributed by atoms with van der Waals surface area (Å²) in [4.78, 5) is 5.33. The summed E-state index contributed by atoms with van der Waals surface area (Å²) in [6.45, 7) is 3.88. The molecular weight excluding hydrogens is 184 g/mol. The average Bonchev–Trinajstić information content (AvgIpc) is 2.75. The molecule has 0 radical (unpaired) electrons. The molecule has 13 heavy (non-hydrogen) atoms. The predicted octanol–water partition coefficient (Wildman–Crippen LogP) is 1.27. The standard InChI is InChI=1S/C9H14N2OS/c1-2-12-6-8(1)3-10-4-9-5-11-7-13-9/h5,7-8,10H,1-4,6H2. The fourth-order valence-corrected chi connectivity index (χ4v) is 2.04. The van der Waals surface area contributed by atoms with E-state index in [0.717, 1.165) is 26.3 Å². The molecule has 72 valence electrons. The zero-order valence-corrected chi connectivity index (χ0v) is 8.35.